The fourth-order valence-corrected chi connectivity index (χ4v) is 6.15. The highest BCUT2D eigenvalue weighted by atomic mass is 16.5. The van der Waals surface area contributed by atoms with Gasteiger partial charge in [-0.15, -0.1) is 0 Å². The predicted molar refractivity (Wildman–Crippen MR) is 162 cm³/mol. The van der Waals surface area contributed by atoms with Crippen molar-refractivity contribution in [1.82, 2.24) is 25.2 Å². The Morgan fingerprint density at radius 2 is 2.05 bits per heavy atom. The van der Waals surface area contributed by atoms with E-state index in [1.807, 2.05) is 42.2 Å². The van der Waals surface area contributed by atoms with Crippen LogP contribution in [0, 0.1) is 5.41 Å². The molecule has 0 unspecified atom stereocenters. The van der Waals surface area contributed by atoms with Crippen LogP contribution in [-0.4, -0.2) is 63.6 Å². The average Bonchev–Trinajstić information content (AvgIpc) is 3.35. The molecular weight excluding hydrogens is 530 g/mol. The molecule has 3 N–H and O–H groups in total. The van der Waals surface area contributed by atoms with Crippen molar-refractivity contribution >= 4 is 5.91 Å². The Morgan fingerprint density at radius 1 is 1.24 bits per heavy atom. The van der Waals surface area contributed by atoms with Crippen molar-refractivity contribution in [3.8, 4) is 17.3 Å². The third-order valence-electron chi connectivity index (χ3n) is 8.32. The van der Waals surface area contributed by atoms with Gasteiger partial charge in [0.15, 0.2) is 0 Å². The zero-order valence-electron chi connectivity index (χ0n) is 25.5. The predicted octanol–water partition coefficient (Wildman–Crippen LogP) is 4.14. The number of aromatic nitrogens is 3. The number of rotatable bonds is 11. The number of amides is 1. The molecule has 3 heterocycles. The molecule has 3 aromatic rings. The Balaban J connectivity index is 1.34. The first-order valence-electron chi connectivity index (χ1n) is 15.0. The van der Waals surface area contributed by atoms with Gasteiger partial charge in [0.25, 0.3) is 0 Å². The van der Waals surface area contributed by atoms with Crippen molar-refractivity contribution in [2.45, 2.75) is 83.1 Å². The number of aliphatic hydroxyl groups is 1. The Kier molecular flexibility index (Phi) is 9.01. The summed E-state index contributed by atoms with van der Waals surface area (Å²) in [5, 5.41) is 18.1. The molecule has 5 rings (SSSR count). The van der Waals surface area contributed by atoms with Crippen LogP contribution in [0.15, 0.2) is 48.9 Å². The summed E-state index contributed by atoms with van der Waals surface area (Å²) in [6.07, 6.45) is 10.2. The van der Waals surface area contributed by atoms with Gasteiger partial charge in [-0.25, -0.2) is 9.97 Å². The number of hydrogen-bond acceptors (Lipinski definition) is 7. The number of hydrogen-bond donors (Lipinski definition) is 3. The van der Waals surface area contributed by atoms with Crippen LogP contribution in [0.2, 0.25) is 0 Å². The standard InChI is InChI=1S/C33H45N5O4/c1-32(2,3)17-23-15-25-27(18-33(10-7-11-33)42-31(25)36-19-23)35-20-28(39)26(37-29(40)21-41-5)16-22-8-6-9-24(14-22)30-34-12-13-38(30)4/h6,8-9,12-15,19,26-28,35,39H,7,10-11,16-18,20-21H2,1-5H3,(H,37,40)/t26-,27-,28+/m0/s1. The maximum absolute atomic E-state index is 12.6. The van der Waals surface area contributed by atoms with Crippen LogP contribution in [0.5, 0.6) is 5.88 Å². The van der Waals surface area contributed by atoms with Crippen molar-refractivity contribution in [3.05, 3.63) is 65.6 Å². The summed E-state index contributed by atoms with van der Waals surface area (Å²) in [7, 11) is 3.45. The molecule has 1 spiro atoms. The summed E-state index contributed by atoms with van der Waals surface area (Å²) >= 11 is 0. The zero-order valence-corrected chi connectivity index (χ0v) is 25.5. The normalized spacial score (nSPS) is 19.0. The Labute approximate surface area is 249 Å². The zero-order chi connectivity index (χ0) is 29.9. The van der Waals surface area contributed by atoms with E-state index >= 15 is 0 Å². The lowest BCUT2D eigenvalue weighted by Crippen LogP contribution is -2.52. The molecule has 2 aromatic heterocycles. The quantitative estimate of drug-likeness (QED) is 0.315. The summed E-state index contributed by atoms with van der Waals surface area (Å²) in [6.45, 7) is 6.91. The number of benzene rings is 1. The number of aryl methyl sites for hydroxylation is 1. The molecule has 1 fully saturated rings. The van der Waals surface area contributed by atoms with Crippen molar-refractivity contribution in [2.24, 2.45) is 12.5 Å². The molecule has 0 saturated heterocycles. The number of aliphatic hydroxyl groups excluding tert-OH is 1. The van der Waals surface area contributed by atoms with Crippen molar-refractivity contribution in [2.75, 3.05) is 20.3 Å². The van der Waals surface area contributed by atoms with Gasteiger partial charge in [-0.1, -0.05) is 39.0 Å². The maximum Gasteiger partial charge on any atom is 0.246 e. The Morgan fingerprint density at radius 3 is 2.71 bits per heavy atom. The van der Waals surface area contributed by atoms with Crippen LogP contribution in [0.3, 0.4) is 0 Å². The van der Waals surface area contributed by atoms with E-state index in [0.717, 1.165) is 54.6 Å². The lowest BCUT2D eigenvalue weighted by Gasteiger charge is -2.47. The fraction of sp³-hybridized carbons (Fsp3) is 0.545. The van der Waals surface area contributed by atoms with E-state index in [-0.39, 0.29) is 29.6 Å². The molecule has 226 valence electrons. The second-order valence-corrected chi connectivity index (χ2v) is 13.2. The topological polar surface area (TPSA) is 111 Å². The van der Waals surface area contributed by atoms with Gasteiger partial charge in [-0.2, -0.15) is 0 Å². The van der Waals surface area contributed by atoms with E-state index in [9.17, 15) is 9.90 Å². The van der Waals surface area contributed by atoms with Crippen LogP contribution in [-0.2, 0) is 29.4 Å². The average molecular weight is 576 g/mol. The summed E-state index contributed by atoms with van der Waals surface area (Å²) in [5.74, 6) is 1.30. The third kappa shape index (κ3) is 7.19. The van der Waals surface area contributed by atoms with E-state index in [4.69, 9.17) is 14.5 Å². The van der Waals surface area contributed by atoms with E-state index in [0.29, 0.717) is 18.8 Å². The fourth-order valence-electron chi connectivity index (χ4n) is 6.15. The monoisotopic (exact) mass is 575 g/mol. The summed E-state index contributed by atoms with van der Waals surface area (Å²) in [6, 6.07) is 9.77. The van der Waals surface area contributed by atoms with E-state index < -0.39 is 12.1 Å². The first kappa shape index (κ1) is 30.2. The molecule has 1 aliphatic heterocycles. The smallest absolute Gasteiger partial charge is 0.246 e. The largest absolute Gasteiger partial charge is 0.471 e. The first-order valence-corrected chi connectivity index (χ1v) is 15.0. The molecule has 1 amide bonds. The maximum atomic E-state index is 12.6. The lowest BCUT2D eigenvalue weighted by atomic mass is 9.73. The summed E-state index contributed by atoms with van der Waals surface area (Å²) in [5.41, 5.74) is 4.16. The van der Waals surface area contributed by atoms with E-state index in [2.05, 4.69) is 48.5 Å². The SMILES string of the molecule is COCC(=O)N[C@@H](Cc1cccc(-c2nccn2C)c1)[C@H](O)CN[C@H]1CC2(CCC2)Oc2ncc(CC(C)(C)C)cc21. The summed E-state index contributed by atoms with van der Waals surface area (Å²) in [4.78, 5) is 21.8. The van der Waals surface area contributed by atoms with Gasteiger partial charge < -0.3 is 29.8 Å². The number of nitrogens with one attached hydrogen (secondary N) is 2. The Bertz CT molecular complexity index is 1380. The van der Waals surface area contributed by atoms with Crippen LogP contribution < -0.4 is 15.4 Å². The van der Waals surface area contributed by atoms with Gasteiger partial charge in [0.05, 0.1) is 12.1 Å². The molecular formula is C33H45N5O4. The molecule has 2 aliphatic rings. The van der Waals surface area contributed by atoms with Crippen LogP contribution >= 0.6 is 0 Å². The molecule has 1 aliphatic carbocycles. The number of carbonyl (C=O) groups excluding carboxylic acids is 1. The van der Waals surface area contributed by atoms with E-state index in [1.165, 1.54) is 12.7 Å². The molecule has 1 saturated carbocycles. The second kappa shape index (κ2) is 12.5. The molecule has 42 heavy (non-hydrogen) atoms. The highest BCUT2D eigenvalue weighted by Crippen LogP contribution is 2.48. The minimum absolute atomic E-state index is 0.00168. The number of imidazole rings is 1. The number of nitrogens with zero attached hydrogens (tertiary/aromatic N) is 3. The number of pyridine rings is 1. The van der Waals surface area contributed by atoms with Crippen molar-refractivity contribution < 1.29 is 19.4 Å². The third-order valence-corrected chi connectivity index (χ3v) is 8.32. The number of fused-ring (bicyclic) bond motifs is 1. The van der Waals surface area contributed by atoms with Gasteiger partial charge >= 0.3 is 0 Å². The molecule has 3 atom stereocenters. The van der Waals surface area contributed by atoms with Crippen LogP contribution in [0.25, 0.3) is 11.4 Å². The number of ether oxygens (including phenoxy) is 2. The van der Waals surface area contributed by atoms with Gasteiger partial charge in [0.1, 0.15) is 18.0 Å². The van der Waals surface area contributed by atoms with Crippen LogP contribution in [0.1, 0.15) is 69.2 Å². The number of methoxy groups -OCH3 is 1. The minimum atomic E-state index is -0.836. The molecule has 1 aromatic carbocycles. The van der Waals surface area contributed by atoms with Gasteiger partial charge in [0.2, 0.25) is 11.8 Å². The molecule has 9 heteroatoms. The molecule has 9 nitrogen and oxygen atoms in total. The summed E-state index contributed by atoms with van der Waals surface area (Å²) < 4.78 is 13.5. The first-order chi connectivity index (χ1) is 20.0. The van der Waals surface area contributed by atoms with Gasteiger partial charge in [-0.05, 0) is 60.8 Å². The minimum Gasteiger partial charge on any atom is -0.471 e. The molecule has 0 radical (unpaired) electrons. The number of carbonyl (C=O) groups is 1. The molecule has 0 bridgehead atoms. The highest BCUT2D eigenvalue weighted by molar-refractivity contribution is 5.77. The highest BCUT2D eigenvalue weighted by Gasteiger charge is 2.46. The van der Waals surface area contributed by atoms with Crippen LogP contribution in [0.4, 0.5) is 0 Å². The van der Waals surface area contributed by atoms with E-state index in [1.54, 1.807) is 6.20 Å². The van der Waals surface area contributed by atoms with Crippen molar-refractivity contribution in [1.29, 1.82) is 0 Å². The van der Waals surface area contributed by atoms with Gasteiger partial charge in [-0.3, -0.25) is 4.79 Å². The van der Waals surface area contributed by atoms with Gasteiger partial charge in [0, 0.05) is 62.9 Å². The second-order valence-electron chi connectivity index (χ2n) is 13.2. The Hall–Kier alpha value is -3.27. The lowest BCUT2D eigenvalue weighted by molar-refractivity contribution is -0.126. The van der Waals surface area contributed by atoms with Crippen molar-refractivity contribution in [3.63, 3.8) is 0 Å².